The van der Waals surface area contributed by atoms with Crippen molar-refractivity contribution in [2.45, 2.75) is 0 Å². The Hall–Kier alpha value is -1.45. The summed E-state index contributed by atoms with van der Waals surface area (Å²) in [5.74, 6) is 0. The highest BCUT2D eigenvalue weighted by molar-refractivity contribution is 5.96. The topological polar surface area (TPSA) is 31.6 Å². The Bertz CT molecular complexity index is 156. The van der Waals surface area contributed by atoms with Gasteiger partial charge in [0.05, 0.1) is 0 Å². The van der Waals surface area contributed by atoms with Crippen LogP contribution in [0.2, 0.25) is 0 Å². The van der Waals surface area contributed by atoms with Gasteiger partial charge in [-0.3, -0.25) is 0 Å². The Morgan fingerprint density at radius 1 is 0.667 bits per heavy atom. The highest BCUT2D eigenvalue weighted by Crippen LogP contribution is 1.72. The number of halogens is 1. The van der Waals surface area contributed by atoms with Crippen LogP contribution in [0.1, 0.15) is 0 Å². The summed E-state index contributed by atoms with van der Waals surface area (Å²) in [6.45, 7) is 0. The van der Waals surface area contributed by atoms with Crippen LogP contribution in [0.4, 0.5) is 4.32 Å². The van der Waals surface area contributed by atoms with E-state index in [0.717, 1.165) is 0 Å². The molecule has 2 rings (SSSR count). The van der Waals surface area contributed by atoms with E-state index in [1.807, 2.05) is 49.1 Å². The molecule has 0 aliphatic carbocycles. The number of hydrogen-bond acceptors (Lipinski definition) is 0. The van der Waals surface area contributed by atoms with E-state index in [-0.39, 0.29) is 0 Å². The molecular weight excluding hydrogens is 154 g/mol. The standard InChI is InChI=1S/2C4H5N.BF/c2*1-2-4-5-3-1;1-2/h2*1-5H;. The molecule has 0 saturated carbocycles. The van der Waals surface area contributed by atoms with Crippen molar-refractivity contribution in [3.63, 3.8) is 0 Å². The zero-order valence-corrected chi connectivity index (χ0v) is 6.57. The quantitative estimate of drug-likeness (QED) is 0.558. The van der Waals surface area contributed by atoms with Crippen molar-refractivity contribution < 1.29 is 4.32 Å². The van der Waals surface area contributed by atoms with Gasteiger partial charge in [-0.15, -0.1) is 0 Å². The summed E-state index contributed by atoms with van der Waals surface area (Å²) >= 11 is 0. The van der Waals surface area contributed by atoms with Crippen LogP contribution in [0.3, 0.4) is 0 Å². The zero-order valence-electron chi connectivity index (χ0n) is 6.57. The molecule has 0 saturated heterocycles. The number of nitrogens with one attached hydrogen (secondary N) is 2. The first-order valence-electron chi connectivity index (χ1n) is 3.37. The summed E-state index contributed by atoms with van der Waals surface area (Å²) in [6.07, 6.45) is 7.50. The van der Waals surface area contributed by atoms with Crippen LogP contribution in [0.15, 0.2) is 49.1 Å². The molecule has 2 radical (unpaired) electrons. The SMILES string of the molecule is [B]F.c1cc[nH]c1.c1cc[nH]c1. The van der Waals surface area contributed by atoms with Crippen molar-refractivity contribution in [2.75, 3.05) is 0 Å². The summed E-state index contributed by atoms with van der Waals surface area (Å²) in [7, 11) is 3.00. The molecule has 0 aromatic carbocycles. The lowest BCUT2D eigenvalue weighted by Gasteiger charge is -1.49. The third kappa shape index (κ3) is 6.67. The van der Waals surface area contributed by atoms with Crippen LogP contribution in [0.25, 0.3) is 0 Å². The fraction of sp³-hybridized carbons (Fsp3) is 0. The molecule has 2 heterocycles. The normalized spacial score (nSPS) is 7.08. The summed E-state index contributed by atoms with van der Waals surface area (Å²) in [5.41, 5.74) is 0. The van der Waals surface area contributed by atoms with Crippen LogP contribution in [0.5, 0.6) is 0 Å². The molecule has 2 N–H and O–H groups in total. The first-order chi connectivity index (χ1) is 6.00. The van der Waals surface area contributed by atoms with Gasteiger partial charge < -0.3 is 14.3 Å². The number of aromatic amines is 2. The lowest BCUT2D eigenvalue weighted by atomic mass is 10.7. The summed E-state index contributed by atoms with van der Waals surface area (Å²) in [6, 6.07) is 7.78. The molecule has 0 aliphatic rings. The molecule has 2 aromatic heterocycles. The third-order valence-electron chi connectivity index (χ3n) is 0.992. The molecular formula is C8H10BFN2. The maximum atomic E-state index is 9.00. The molecule has 2 aromatic rings. The Kier molecular flexibility index (Phi) is 8.40. The van der Waals surface area contributed by atoms with Gasteiger partial charge in [-0.1, -0.05) is 0 Å². The minimum Gasteiger partial charge on any atom is -0.368 e. The fourth-order valence-corrected chi connectivity index (χ4v) is 0.556. The molecule has 62 valence electrons. The lowest BCUT2D eigenvalue weighted by molar-refractivity contribution is 0.902. The van der Waals surface area contributed by atoms with Gasteiger partial charge in [-0.2, -0.15) is 0 Å². The monoisotopic (exact) mass is 164 g/mol. The average molecular weight is 164 g/mol. The van der Waals surface area contributed by atoms with E-state index in [9.17, 15) is 0 Å². The average Bonchev–Trinajstić information content (AvgIpc) is 2.87. The van der Waals surface area contributed by atoms with Crippen molar-refractivity contribution >= 4 is 8.12 Å². The third-order valence-corrected chi connectivity index (χ3v) is 0.992. The highest BCUT2D eigenvalue weighted by Gasteiger charge is 1.56. The molecule has 0 amide bonds. The van der Waals surface area contributed by atoms with E-state index in [2.05, 4.69) is 18.1 Å². The maximum absolute atomic E-state index is 9.00. The van der Waals surface area contributed by atoms with Gasteiger partial charge >= 0.3 is 8.12 Å². The molecule has 0 bridgehead atoms. The van der Waals surface area contributed by atoms with Gasteiger partial charge in [0.25, 0.3) is 0 Å². The largest absolute Gasteiger partial charge is 0.368 e. The van der Waals surface area contributed by atoms with Crippen LogP contribution in [0, 0.1) is 0 Å². The first kappa shape index (κ1) is 10.6. The molecule has 0 aliphatic heterocycles. The number of rotatable bonds is 0. The number of hydrogen-bond donors (Lipinski definition) is 2. The van der Waals surface area contributed by atoms with E-state index in [1.54, 1.807) is 0 Å². The van der Waals surface area contributed by atoms with Crippen LogP contribution in [-0.2, 0) is 0 Å². The van der Waals surface area contributed by atoms with Gasteiger partial charge in [0.2, 0.25) is 0 Å². The summed E-state index contributed by atoms with van der Waals surface area (Å²) in [4.78, 5) is 5.72. The van der Waals surface area contributed by atoms with Crippen molar-refractivity contribution in [3.05, 3.63) is 49.1 Å². The number of H-pyrrole nitrogens is 2. The minimum absolute atomic E-state index is 1.88. The Morgan fingerprint density at radius 2 is 0.917 bits per heavy atom. The van der Waals surface area contributed by atoms with E-state index in [0.29, 0.717) is 0 Å². The van der Waals surface area contributed by atoms with Gasteiger partial charge in [0.15, 0.2) is 0 Å². The van der Waals surface area contributed by atoms with Crippen LogP contribution < -0.4 is 0 Å². The molecule has 0 unspecified atom stereocenters. The highest BCUT2D eigenvalue weighted by atomic mass is 19.1. The van der Waals surface area contributed by atoms with E-state index in [4.69, 9.17) is 4.32 Å². The minimum atomic E-state index is 1.88. The van der Waals surface area contributed by atoms with E-state index in [1.165, 1.54) is 0 Å². The van der Waals surface area contributed by atoms with Crippen LogP contribution in [-0.4, -0.2) is 18.1 Å². The lowest BCUT2D eigenvalue weighted by Crippen LogP contribution is -1.38. The fourth-order valence-electron chi connectivity index (χ4n) is 0.556. The molecule has 0 fully saturated rings. The second-order valence-corrected chi connectivity index (χ2v) is 1.77. The van der Waals surface area contributed by atoms with Gasteiger partial charge in [0, 0.05) is 24.8 Å². The summed E-state index contributed by atoms with van der Waals surface area (Å²) < 4.78 is 9.00. The zero-order chi connectivity index (χ0) is 9.07. The summed E-state index contributed by atoms with van der Waals surface area (Å²) in [5, 5.41) is 0. The van der Waals surface area contributed by atoms with Crippen molar-refractivity contribution in [3.8, 4) is 0 Å². The second-order valence-electron chi connectivity index (χ2n) is 1.77. The van der Waals surface area contributed by atoms with Gasteiger partial charge in [-0.05, 0) is 24.3 Å². The maximum Gasteiger partial charge on any atom is 0.350 e. The first-order valence-corrected chi connectivity index (χ1v) is 3.37. The van der Waals surface area contributed by atoms with Crippen molar-refractivity contribution in [2.24, 2.45) is 0 Å². The molecule has 2 nitrogen and oxygen atoms in total. The van der Waals surface area contributed by atoms with Gasteiger partial charge in [-0.25, -0.2) is 0 Å². The van der Waals surface area contributed by atoms with Crippen molar-refractivity contribution in [1.29, 1.82) is 0 Å². The predicted octanol–water partition coefficient (Wildman–Crippen LogP) is 2.07. The molecule has 4 heteroatoms. The number of aromatic nitrogens is 2. The Labute approximate surface area is 72.3 Å². The Morgan fingerprint density at radius 3 is 1.00 bits per heavy atom. The Balaban J connectivity index is 0.000000168. The molecule has 12 heavy (non-hydrogen) atoms. The van der Waals surface area contributed by atoms with Crippen LogP contribution >= 0.6 is 0 Å². The van der Waals surface area contributed by atoms with Gasteiger partial charge in [0.1, 0.15) is 0 Å². The van der Waals surface area contributed by atoms with E-state index >= 15 is 0 Å². The second kappa shape index (κ2) is 9.55. The van der Waals surface area contributed by atoms with Crippen molar-refractivity contribution in [1.82, 2.24) is 9.97 Å². The van der Waals surface area contributed by atoms with E-state index < -0.39 is 0 Å². The predicted molar refractivity (Wildman–Crippen MR) is 48.4 cm³/mol. The molecule has 0 spiro atoms. The smallest absolute Gasteiger partial charge is 0.350 e. The molecule has 0 atom stereocenters.